The predicted molar refractivity (Wildman–Crippen MR) is 56.1 cm³/mol. The molecule has 0 N–H and O–H groups in total. The van der Waals surface area contributed by atoms with Crippen LogP contribution in [0.25, 0.3) is 0 Å². The molecule has 2 heteroatoms. The monoisotopic (exact) mass is 171 g/mol. The van der Waals surface area contributed by atoms with Crippen molar-refractivity contribution in [3.8, 4) is 0 Å². The minimum atomic E-state index is 0.208. The number of nitrogens with zero attached hydrogens (tertiary/aromatic N) is 1. The van der Waals surface area contributed by atoms with Gasteiger partial charge in [-0.15, -0.1) is 0 Å². The van der Waals surface area contributed by atoms with E-state index in [9.17, 15) is 0 Å². The zero-order chi connectivity index (χ0) is 8.69. The lowest BCUT2D eigenvalue weighted by molar-refractivity contribution is 0.433. The highest BCUT2D eigenvalue weighted by Crippen LogP contribution is 1.94. The molecular formula is C9H21NSi. The van der Waals surface area contributed by atoms with Gasteiger partial charge in [-0.2, -0.15) is 0 Å². The van der Waals surface area contributed by atoms with E-state index in [-0.39, 0.29) is 9.52 Å². The molecule has 0 bridgehead atoms. The van der Waals surface area contributed by atoms with Crippen LogP contribution in [0.2, 0.25) is 12.1 Å². The molecule has 0 aromatic heterocycles. The van der Waals surface area contributed by atoms with Crippen molar-refractivity contribution in [2.45, 2.75) is 25.9 Å². The maximum atomic E-state index is 2.38. The van der Waals surface area contributed by atoms with Crippen molar-refractivity contribution in [1.82, 2.24) is 4.90 Å². The summed E-state index contributed by atoms with van der Waals surface area (Å²) in [7, 11) is 4.50. The Morgan fingerprint density at radius 2 is 2.00 bits per heavy atom. The summed E-state index contributed by atoms with van der Waals surface area (Å²) in [5, 5.41) is 0. The van der Waals surface area contributed by atoms with E-state index >= 15 is 0 Å². The van der Waals surface area contributed by atoms with E-state index in [0.717, 1.165) is 0 Å². The standard InChI is InChI=1S/C9H21NSi/c1-9(2)5-7-11-8-6-10(3)4/h5H,6-8,11H2,1-4H3. The van der Waals surface area contributed by atoms with Crippen molar-refractivity contribution in [2.24, 2.45) is 0 Å². The Hall–Kier alpha value is -0.0831. The first-order valence-corrected chi connectivity index (χ1v) is 6.41. The van der Waals surface area contributed by atoms with E-state index in [2.05, 4.69) is 38.9 Å². The van der Waals surface area contributed by atoms with Crippen LogP contribution in [0.15, 0.2) is 11.6 Å². The van der Waals surface area contributed by atoms with Gasteiger partial charge in [0.05, 0.1) is 0 Å². The van der Waals surface area contributed by atoms with Crippen LogP contribution >= 0.6 is 0 Å². The second-order valence-electron chi connectivity index (χ2n) is 3.58. The van der Waals surface area contributed by atoms with E-state index in [0.29, 0.717) is 0 Å². The van der Waals surface area contributed by atoms with Gasteiger partial charge in [-0.1, -0.05) is 11.6 Å². The Morgan fingerprint density at radius 1 is 1.36 bits per heavy atom. The van der Waals surface area contributed by atoms with Gasteiger partial charge in [-0.3, -0.25) is 0 Å². The molecule has 0 radical (unpaired) electrons. The summed E-state index contributed by atoms with van der Waals surface area (Å²) in [5.74, 6) is 0. The molecule has 66 valence electrons. The Bertz CT molecular complexity index is 115. The molecule has 0 atom stereocenters. The van der Waals surface area contributed by atoms with Gasteiger partial charge < -0.3 is 4.90 Å². The smallest absolute Gasteiger partial charge is 0.0254 e. The van der Waals surface area contributed by atoms with Crippen molar-refractivity contribution in [1.29, 1.82) is 0 Å². The van der Waals surface area contributed by atoms with E-state index < -0.39 is 0 Å². The highest BCUT2D eigenvalue weighted by molar-refractivity contribution is 6.36. The quantitative estimate of drug-likeness (QED) is 0.344. The first kappa shape index (κ1) is 10.9. The number of hydrogen-bond acceptors (Lipinski definition) is 1. The third-order valence-corrected chi connectivity index (χ3v) is 3.13. The number of hydrogen-bond donors (Lipinski definition) is 0. The summed E-state index contributed by atoms with van der Waals surface area (Å²) in [4.78, 5) is 2.27. The zero-order valence-electron chi connectivity index (χ0n) is 8.35. The summed E-state index contributed by atoms with van der Waals surface area (Å²) in [5.41, 5.74) is 1.47. The normalized spacial score (nSPS) is 11.4. The fourth-order valence-electron chi connectivity index (χ4n) is 0.963. The lowest BCUT2D eigenvalue weighted by Crippen LogP contribution is -2.14. The second kappa shape index (κ2) is 6.62. The number of allylic oxidation sites excluding steroid dienone is 2. The highest BCUT2D eigenvalue weighted by atomic mass is 28.2. The summed E-state index contributed by atoms with van der Waals surface area (Å²) < 4.78 is 0. The van der Waals surface area contributed by atoms with Crippen LogP contribution in [0.4, 0.5) is 0 Å². The van der Waals surface area contributed by atoms with Gasteiger partial charge in [-0.25, -0.2) is 0 Å². The molecular weight excluding hydrogens is 150 g/mol. The SMILES string of the molecule is CC(C)=CC[SiH2]CCN(C)C. The van der Waals surface area contributed by atoms with Crippen molar-refractivity contribution < 1.29 is 0 Å². The fourth-order valence-corrected chi connectivity index (χ4v) is 2.89. The van der Waals surface area contributed by atoms with Crippen LogP contribution in [-0.4, -0.2) is 35.1 Å². The molecule has 0 heterocycles. The Labute approximate surface area is 73.3 Å². The van der Waals surface area contributed by atoms with Crippen LogP contribution < -0.4 is 0 Å². The Balaban J connectivity index is 3.09. The van der Waals surface area contributed by atoms with Crippen LogP contribution in [0.1, 0.15) is 13.8 Å². The predicted octanol–water partition coefficient (Wildman–Crippen LogP) is 1.52. The van der Waals surface area contributed by atoms with Gasteiger partial charge in [0.2, 0.25) is 0 Å². The first-order valence-electron chi connectivity index (χ1n) is 4.41. The van der Waals surface area contributed by atoms with Gasteiger partial charge >= 0.3 is 0 Å². The van der Waals surface area contributed by atoms with Gasteiger partial charge in [-0.05, 0) is 46.6 Å². The summed E-state index contributed by atoms with van der Waals surface area (Å²) in [6.45, 7) is 5.64. The molecule has 0 aliphatic carbocycles. The molecule has 0 aromatic carbocycles. The van der Waals surface area contributed by atoms with E-state index in [4.69, 9.17) is 0 Å². The summed E-state index contributed by atoms with van der Waals surface area (Å²) in [6.07, 6.45) is 2.38. The summed E-state index contributed by atoms with van der Waals surface area (Å²) >= 11 is 0. The summed E-state index contributed by atoms with van der Waals surface area (Å²) in [6, 6.07) is 2.84. The van der Waals surface area contributed by atoms with Gasteiger partial charge in [0.15, 0.2) is 0 Å². The molecule has 0 rings (SSSR count). The minimum absolute atomic E-state index is 0.208. The fraction of sp³-hybridized carbons (Fsp3) is 0.778. The van der Waals surface area contributed by atoms with Crippen LogP contribution in [0.5, 0.6) is 0 Å². The van der Waals surface area contributed by atoms with E-state index in [1.807, 2.05) is 0 Å². The van der Waals surface area contributed by atoms with Crippen molar-refractivity contribution in [3.63, 3.8) is 0 Å². The van der Waals surface area contributed by atoms with Gasteiger partial charge in [0, 0.05) is 9.52 Å². The molecule has 0 spiro atoms. The maximum Gasteiger partial charge on any atom is 0.0254 e. The van der Waals surface area contributed by atoms with Gasteiger partial charge in [0.1, 0.15) is 0 Å². The lowest BCUT2D eigenvalue weighted by atomic mass is 10.3. The van der Waals surface area contributed by atoms with Crippen LogP contribution in [0.3, 0.4) is 0 Å². The molecule has 0 aliphatic heterocycles. The molecule has 1 nitrogen and oxygen atoms in total. The van der Waals surface area contributed by atoms with E-state index in [1.165, 1.54) is 24.2 Å². The lowest BCUT2D eigenvalue weighted by Gasteiger charge is -2.07. The van der Waals surface area contributed by atoms with Crippen LogP contribution in [-0.2, 0) is 0 Å². The molecule has 11 heavy (non-hydrogen) atoms. The molecule has 0 unspecified atom stereocenters. The Morgan fingerprint density at radius 3 is 2.45 bits per heavy atom. The van der Waals surface area contributed by atoms with Gasteiger partial charge in [0.25, 0.3) is 0 Å². The number of rotatable bonds is 5. The molecule has 0 aromatic rings. The molecule has 0 saturated heterocycles. The molecule has 0 aliphatic rings. The Kier molecular flexibility index (Phi) is 6.57. The third-order valence-electron chi connectivity index (χ3n) is 1.61. The van der Waals surface area contributed by atoms with Crippen molar-refractivity contribution in [3.05, 3.63) is 11.6 Å². The largest absolute Gasteiger partial charge is 0.310 e. The highest BCUT2D eigenvalue weighted by Gasteiger charge is 1.89. The maximum absolute atomic E-state index is 2.38. The van der Waals surface area contributed by atoms with Crippen molar-refractivity contribution >= 4 is 9.52 Å². The molecule has 0 amide bonds. The zero-order valence-corrected chi connectivity index (χ0v) is 9.77. The third kappa shape index (κ3) is 9.92. The van der Waals surface area contributed by atoms with E-state index in [1.54, 1.807) is 0 Å². The minimum Gasteiger partial charge on any atom is -0.310 e. The molecule has 0 saturated carbocycles. The van der Waals surface area contributed by atoms with Crippen LogP contribution in [0, 0.1) is 0 Å². The second-order valence-corrected chi connectivity index (χ2v) is 5.57. The molecule has 0 fully saturated rings. The average molecular weight is 171 g/mol. The first-order chi connectivity index (χ1) is 5.13. The van der Waals surface area contributed by atoms with Crippen molar-refractivity contribution in [2.75, 3.05) is 20.6 Å². The topological polar surface area (TPSA) is 3.24 Å². The average Bonchev–Trinajstić information content (AvgIpc) is 1.85.